The van der Waals surface area contributed by atoms with Crippen LogP contribution >= 0.6 is 0 Å². The summed E-state index contributed by atoms with van der Waals surface area (Å²) in [5, 5.41) is 1.24. The summed E-state index contributed by atoms with van der Waals surface area (Å²) in [5.41, 5.74) is 3.85. The van der Waals surface area contributed by atoms with E-state index in [9.17, 15) is 4.79 Å². The van der Waals surface area contributed by atoms with Gasteiger partial charge in [0.1, 0.15) is 0 Å². The zero-order valence-corrected chi connectivity index (χ0v) is 15.4. The van der Waals surface area contributed by atoms with E-state index in [-0.39, 0.29) is 11.9 Å². The Hall–Kier alpha value is -2.59. The van der Waals surface area contributed by atoms with Crippen LogP contribution in [-0.2, 0) is 24.3 Å². The smallest absolute Gasteiger partial charge is 0.240 e. The SMILES string of the molecule is CN(CCn1ccc2ccccc21)C(=O)[C@H]1Cc2ccccc2CN1C. The molecule has 0 N–H and O–H groups in total. The topological polar surface area (TPSA) is 28.5 Å². The van der Waals surface area contributed by atoms with Crippen molar-refractivity contribution in [2.45, 2.75) is 25.6 Å². The maximum atomic E-state index is 13.0. The van der Waals surface area contributed by atoms with Crippen LogP contribution in [0.2, 0.25) is 0 Å². The minimum absolute atomic E-state index is 0.0729. The third-order valence-corrected chi connectivity index (χ3v) is 5.50. The number of hydrogen-bond donors (Lipinski definition) is 0. The minimum Gasteiger partial charge on any atom is -0.346 e. The highest BCUT2D eigenvalue weighted by atomic mass is 16.2. The Balaban J connectivity index is 1.43. The summed E-state index contributed by atoms with van der Waals surface area (Å²) in [5.74, 6) is 0.207. The molecule has 4 heteroatoms. The number of para-hydroxylation sites is 1. The lowest BCUT2D eigenvalue weighted by Gasteiger charge is -2.35. The van der Waals surface area contributed by atoms with Gasteiger partial charge in [-0.2, -0.15) is 0 Å². The molecule has 0 radical (unpaired) electrons. The first-order chi connectivity index (χ1) is 12.6. The summed E-state index contributed by atoms with van der Waals surface area (Å²) in [6.07, 6.45) is 2.90. The van der Waals surface area contributed by atoms with Crippen molar-refractivity contribution < 1.29 is 4.79 Å². The van der Waals surface area contributed by atoms with Crippen LogP contribution in [0.1, 0.15) is 11.1 Å². The number of carbonyl (C=O) groups excluding carboxylic acids is 1. The van der Waals surface area contributed by atoms with E-state index in [4.69, 9.17) is 0 Å². The molecule has 0 aliphatic carbocycles. The summed E-state index contributed by atoms with van der Waals surface area (Å²) in [4.78, 5) is 17.1. The third-order valence-electron chi connectivity index (χ3n) is 5.50. The second-order valence-electron chi connectivity index (χ2n) is 7.23. The highest BCUT2D eigenvalue weighted by Gasteiger charge is 2.30. The van der Waals surface area contributed by atoms with E-state index in [2.05, 4.69) is 70.3 Å². The lowest BCUT2D eigenvalue weighted by Crippen LogP contribution is -2.49. The average molecular weight is 347 g/mol. The predicted octanol–water partition coefficient (Wildman–Crippen LogP) is 3.16. The summed E-state index contributed by atoms with van der Waals surface area (Å²) < 4.78 is 2.22. The quantitative estimate of drug-likeness (QED) is 0.725. The highest BCUT2D eigenvalue weighted by molar-refractivity contribution is 5.82. The Kier molecular flexibility index (Phi) is 4.51. The molecule has 0 fully saturated rings. The van der Waals surface area contributed by atoms with E-state index >= 15 is 0 Å². The van der Waals surface area contributed by atoms with Crippen molar-refractivity contribution in [1.82, 2.24) is 14.4 Å². The van der Waals surface area contributed by atoms with Crippen LogP contribution in [0.4, 0.5) is 0 Å². The van der Waals surface area contributed by atoms with Gasteiger partial charge < -0.3 is 9.47 Å². The fourth-order valence-electron chi connectivity index (χ4n) is 3.89. The molecule has 4 nitrogen and oxygen atoms in total. The molecule has 3 aromatic rings. The average Bonchev–Trinajstić information content (AvgIpc) is 3.08. The van der Waals surface area contributed by atoms with Crippen LogP contribution in [0, 0.1) is 0 Å². The second kappa shape index (κ2) is 6.96. The van der Waals surface area contributed by atoms with Gasteiger partial charge in [0.2, 0.25) is 5.91 Å². The first-order valence-electron chi connectivity index (χ1n) is 9.19. The van der Waals surface area contributed by atoms with Gasteiger partial charge in [0.05, 0.1) is 6.04 Å². The molecule has 4 rings (SSSR count). The molecule has 26 heavy (non-hydrogen) atoms. The van der Waals surface area contributed by atoms with Gasteiger partial charge in [-0.1, -0.05) is 42.5 Å². The van der Waals surface area contributed by atoms with Crippen LogP contribution in [0.25, 0.3) is 10.9 Å². The fourth-order valence-corrected chi connectivity index (χ4v) is 3.89. The van der Waals surface area contributed by atoms with E-state index in [1.807, 2.05) is 19.0 Å². The molecule has 2 heterocycles. The number of benzene rings is 2. The number of amides is 1. The van der Waals surface area contributed by atoms with Crippen molar-refractivity contribution in [3.63, 3.8) is 0 Å². The van der Waals surface area contributed by atoms with Crippen molar-refractivity contribution in [1.29, 1.82) is 0 Å². The van der Waals surface area contributed by atoms with Gasteiger partial charge in [-0.15, -0.1) is 0 Å². The molecule has 134 valence electrons. The van der Waals surface area contributed by atoms with Crippen molar-refractivity contribution in [3.05, 3.63) is 71.9 Å². The number of nitrogens with zero attached hydrogens (tertiary/aromatic N) is 3. The van der Waals surface area contributed by atoms with Crippen molar-refractivity contribution in [3.8, 4) is 0 Å². The maximum Gasteiger partial charge on any atom is 0.240 e. The Morgan fingerprint density at radius 2 is 1.81 bits per heavy atom. The van der Waals surface area contributed by atoms with Gasteiger partial charge in [-0.3, -0.25) is 9.69 Å². The molecule has 0 unspecified atom stereocenters. The van der Waals surface area contributed by atoms with Crippen LogP contribution in [0.3, 0.4) is 0 Å². The molecule has 1 aromatic heterocycles. The van der Waals surface area contributed by atoms with E-state index in [1.54, 1.807) is 0 Å². The normalized spacial score (nSPS) is 17.2. The van der Waals surface area contributed by atoms with Crippen molar-refractivity contribution in [2.75, 3.05) is 20.6 Å². The molecule has 1 aliphatic rings. The Labute approximate surface area is 154 Å². The lowest BCUT2D eigenvalue weighted by atomic mass is 9.94. The number of likely N-dealkylation sites (N-methyl/N-ethyl adjacent to an activating group) is 2. The van der Waals surface area contributed by atoms with E-state index in [0.717, 1.165) is 19.5 Å². The number of carbonyl (C=O) groups is 1. The molecular weight excluding hydrogens is 322 g/mol. The monoisotopic (exact) mass is 347 g/mol. The van der Waals surface area contributed by atoms with Crippen molar-refractivity contribution >= 4 is 16.8 Å². The number of hydrogen-bond acceptors (Lipinski definition) is 2. The van der Waals surface area contributed by atoms with Crippen LogP contribution in [0.5, 0.6) is 0 Å². The second-order valence-corrected chi connectivity index (χ2v) is 7.23. The fraction of sp³-hybridized carbons (Fsp3) is 0.318. The third kappa shape index (κ3) is 3.13. The molecule has 0 bridgehead atoms. The number of rotatable bonds is 4. The predicted molar refractivity (Wildman–Crippen MR) is 105 cm³/mol. The van der Waals surface area contributed by atoms with Gasteiger partial charge in [0.15, 0.2) is 0 Å². The van der Waals surface area contributed by atoms with Gasteiger partial charge in [0.25, 0.3) is 0 Å². The lowest BCUT2D eigenvalue weighted by molar-refractivity contribution is -0.135. The maximum absolute atomic E-state index is 13.0. The summed E-state index contributed by atoms with van der Waals surface area (Å²) in [6.45, 7) is 2.36. The standard InChI is InChI=1S/C22H25N3O/c1-23(13-14-25-12-11-17-7-5-6-10-20(17)25)22(26)21-15-18-8-3-4-9-19(18)16-24(21)2/h3-12,21H,13-16H2,1-2H3/t21-/m1/s1. The molecule has 0 saturated heterocycles. The zero-order valence-electron chi connectivity index (χ0n) is 15.4. The Morgan fingerprint density at radius 1 is 1.08 bits per heavy atom. The Bertz CT molecular complexity index is 930. The highest BCUT2D eigenvalue weighted by Crippen LogP contribution is 2.23. The molecule has 1 amide bonds. The largest absolute Gasteiger partial charge is 0.346 e. The molecule has 0 saturated carbocycles. The molecule has 1 atom stereocenters. The van der Waals surface area contributed by atoms with Crippen molar-refractivity contribution in [2.24, 2.45) is 0 Å². The Morgan fingerprint density at radius 3 is 2.65 bits per heavy atom. The molecular formula is C22H25N3O. The minimum atomic E-state index is -0.0729. The van der Waals surface area contributed by atoms with E-state index < -0.39 is 0 Å². The first kappa shape index (κ1) is 16.9. The van der Waals surface area contributed by atoms with E-state index in [0.29, 0.717) is 6.54 Å². The van der Waals surface area contributed by atoms with Gasteiger partial charge in [0, 0.05) is 38.4 Å². The zero-order chi connectivity index (χ0) is 18.1. The first-order valence-corrected chi connectivity index (χ1v) is 9.19. The van der Waals surface area contributed by atoms with Gasteiger partial charge in [-0.05, 0) is 42.1 Å². The molecule has 1 aliphatic heterocycles. The summed E-state index contributed by atoms with van der Waals surface area (Å²) >= 11 is 0. The summed E-state index contributed by atoms with van der Waals surface area (Å²) in [7, 11) is 3.97. The number of aromatic nitrogens is 1. The molecule has 0 spiro atoms. The van der Waals surface area contributed by atoms with Crippen LogP contribution in [0.15, 0.2) is 60.8 Å². The molecule has 2 aromatic carbocycles. The number of fused-ring (bicyclic) bond motifs is 2. The summed E-state index contributed by atoms with van der Waals surface area (Å²) in [6, 6.07) is 18.9. The van der Waals surface area contributed by atoms with Crippen LogP contribution < -0.4 is 0 Å². The van der Waals surface area contributed by atoms with E-state index in [1.165, 1.54) is 22.0 Å². The van der Waals surface area contributed by atoms with Gasteiger partial charge in [-0.25, -0.2) is 0 Å². The van der Waals surface area contributed by atoms with Gasteiger partial charge >= 0.3 is 0 Å². The van der Waals surface area contributed by atoms with Crippen LogP contribution in [-0.4, -0.2) is 47.0 Å².